The highest BCUT2D eigenvalue weighted by Gasteiger charge is 2.03. The minimum absolute atomic E-state index is 0.617. The molecule has 0 amide bonds. The Morgan fingerprint density at radius 2 is 0.955 bits per heavy atom. The molecule has 4 heteroatoms. The van der Waals surface area contributed by atoms with Gasteiger partial charge in [-0.15, -0.1) is 0 Å². The number of rotatable bonds is 2. The zero-order chi connectivity index (χ0) is 15.4. The first-order valence-corrected chi connectivity index (χ1v) is 6.63. The Hall–Kier alpha value is -3.50. The second-order valence-electron chi connectivity index (χ2n) is 4.67. The lowest BCUT2D eigenvalue weighted by Crippen LogP contribution is -1.89. The number of hydrogen-bond acceptors (Lipinski definition) is 4. The zero-order valence-corrected chi connectivity index (χ0v) is 11.6. The fourth-order valence-electron chi connectivity index (χ4n) is 2.06. The van der Waals surface area contributed by atoms with Crippen LogP contribution in [0.1, 0.15) is 11.1 Å². The molecule has 0 fully saturated rings. The SMILES string of the molecule is N#Cc1ccc(-c2cnc(-c3ccc(C#N)cc3)cn2)cc1. The van der Waals surface area contributed by atoms with E-state index in [2.05, 4.69) is 22.1 Å². The largest absolute Gasteiger partial charge is 0.252 e. The van der Waals surface area contributed by atoms with Gasteiger partial charge in [-0.25, -0.2) is 0 Å². The Balaban J connectivity index is 1.88. The van der Waals surface area contributed by atoms with E-state index in [4.69, 9.17) is 10.5 Å². The van der Waals surface area contributed by atoms with E-state index in [0.29, 0.717) is 11.1 Å². The smallest absolute Gasteiger partial charge is 0.0991 e. The average Bonchev–Trinajstić information content (AvgIpc) is 2.62. The van der Waals surface area contributed by atoms with Gasteiger partial charge in [-0.3, -0.25) is 9.97 Å². The van der Waals surface area contributed by atoms with E-state index in [-0.39, 0.29) is 0 Å². The number of hydrogen-bond donors (Lipinski definition) is 0. The molecule has 1 aromatic heterocycles. The van der Waals surface area contributed by atoms with Gasteiger partial charge in [0.25, 0.3) is 0 Å². The maximum Gasteiger partial charge on any atom is 0.0991 e. The lowest BCUT2D eigenvalue weighted by Gasteiger charge is -2.03. The van der Waals surface area contributed by atoms with Crippen LogP contribution >= 0.6 is 0 Å². The predicted octanol–water partition coefficient (Wildman–Crippen LogP) is 3.55. The normalized spacial score (nSPS) is 9.73. The summed E-state index contributed by atoms with van der Waals surface area (Å²) in [5.41, 5.74) is 4.57. The number of aromatic nitrogens is 2. The molecule has 1 heterocycles. The summed E-state index contributed by atoms with van der Waals surface area (Å²) in [6, 6.07) is 18.6. The van der Waals surface area contributed by atoms with Gasteiger partial charge in [0.05, 0.1) is 47.0 Å². The molecule has 0 saturated carbocycles. The van der Waals surface area contributed by atoms with Gasteiger partial charge in [0.15, 0.2) is 0 Å². The monoisotopic (exact) mass is 282 g/mol. The van der Waals surface area contributed by atoms with Crippen LogP contribution in [0.4, 0.5) is 0 Å². The third-order valence-corrected chi connectivity index (χ3v) is 3.27. The van der Waals surface area contributed by atoms with Crippen LogP contribution in [0.5, 0.6) is 0 Å². The number of nitrogens with zero attached hydrogens (tertiary/aromatic N) is 4. The second kappa shape index (κ2) is 5.87. The van der Waals surface area contributed by atoms with Crippen LogP contribution in [0.25, 0.3) is 22.5 Å². The van der Waals surface area contributed by atoms with Crippen LogP contribution in [-0.4, -0.2) is 9.97 Å². The van der Waals surface area contributed by atoms with Gasteiger partial charge in [0.1, 0.15) is 0 Å². The Morgan fingerprint density at radius 3 is 1.23 bits per heavy atom. The molecule has 4 nitrogen and oxygen atoms in total. The summed E-state index contributed by atoms with van der Waals surface area (Å²) in [6.07, 6.45) is 3.41. The molecule has 3 aromatic rings. The molecule has 3 rings (SSSR count). The quantitative estimate of drug-likeness (QED) is 0.720. The van der Waals surface area contributed by atoms with Crippen molar-refractivity contribution in [2.75, 3.05) is 0 Å². The molecule has 0 N–H and O–H groups in total. The van der Waals surface area contributed by atoms with Gasteiger partial charge < -0.3 is 0 Å². The van der Waals surface area contributed by atoms with E-state index in [9.17, 15) is 0 Å². The summed E-state index contributed by atoms with van der Waals surface area (Å²) in [5, 5.41) is 17.6. The summed E-state index contributed by atoms with van der Waals surface area (Å²) >= 11 is 0. The molecule has 0 aliphatic rings. The van der Waals surface area contributed by atoms with Crippen molar-refractivity contribution < 1.29 is 0 Å². The lowest BCUT2D eigenvalue weighted by atomic mass is 10.1. The van der Waals surface area contributed by atoms with Crippen molar-refractivity contribution in [3.05, 3.63) is 72.1 Å². The van der Waals surface area contributed by atoms with Gasteiger partial charge in [0, 0.05) is 11.1 Å². The third kappa shape index (κ3) is 2.67. The first-order valence-electron chi connectivity index (χ1n) is 6.63. The van der Waals surface area contributed by atoms with Crippen molar-refractivity contribution in [2.24, 2.45) is 0 Å². The first-order chi connectivity index (χ1) is 10.8. The molecule has 0 spiro atoms. The van der Waals surface area contributed by atoms with Crippen molar-refractivity contribution >= 4 is 0 Å². The van der Waals surface area contributed by atoms with Gasteiger partial charge in [-0.05, 0) is 24.3 Å². The van der Waals surface area contributed by atoms with Gasteiger partial charge in [-0.2, -0.15) is 10.5 Å². The van der Waals surface area contributed by atoms with E-state index in [1.54, 1.807) is 36.7 Å². The van der Waals surface area contributed by atoms with E-state index >= 15 is 0 Å². The molecular formula is C18H10N4. The zero-order valence-electron chi connectivity index (χ0n) is 11.6. The van der Waals surface area contributed by atoms with Gasteiger partial charge >= 0.3 is 0 Å². The van der Waals surface area contributed by atoms with Crippen molar-refractivity contribution in [2.45, 2.75) is 0 Å². The Labute approximate surface area is 127 Å². The van der Waals surface area contributed by atoms with E-state index in [1.165, 1.54) is 0 Å². The molecule has 2 aromatic carbocycles. The van der Waals surface area contributed by atoms with E-state index in [0.717, 1.165) is 22.5 Å². The minimum atomic E-state index is 0.617. The summed E-state index contributed by atoms with van der Waals surface area (Å²) < 4.78 is 0. The highest BCUT2D eigenvalue weighted by Crippen LogP contribution is 2.20. The Kier molecular flexibility index (Phi) is 3.59. The molecule has 0 saturated heterocycles. The molecule has 0 unspecified atom stereocenters. The van der Waals surface area contributed by atoms with Crippen LogP contribution in [0.15, 0.2) is 60.9 Å². The molecule has 0 bridgehead atoms. The van der Waals surface area contributed by atoms with Crippen molar-refractivity contribution in [1.82, 2.24) is 9.97 Å². The van der Waals surface area contributed by atoms with Gasteiger partial charge in [-0.1, -0.05) is 24.3 Å². The Bertz CT molecular complexity index is 788. The van der Waals surface area contributed by atoms with Gasteiger partial charge in [0.2, 0.25) is 0 Å². The summed E-state index contributed by atoms with van der Waals surface area (Å²) in [4.78, 5) is 8.83. The molecule has 22 heavy (non-hydrogen) atoms. The average molecular weight is 282 g/mol. The maximum atomic E-state index is 8.80. The van der Waals surface area contributed by atoms with Crippen LogP contribution < -0.4 is 0 Å². The highest BCUT2D eigenvalue weighted by atomic mass is 14.8. The second-order valence-corrected chi connectivity index (χ2v) is 4.67. The highest BCUT2D eigenvalue weighted by molar-refractivity contribution is 5.63. The molecular weight excluding hydrogens is 272 g/mol. The fraction of sp³-hybridized carbons (Fsp3) is 0. The molecule has 0 radical (unpaired) electrons. The first kappa shape index (κ1) is 13.5. The number of nitriles is 2. The van der Waals surface area contributed by atoms with Crippen LogP contribution in [0, 0.1) is 22.7 Å². The molecule has 0 atom stereocenters. The van der Waals surface area contributed by atoms with Crippen LogP contribution in [-0.2, 0) is 0 Å². The van der Waals surface area contributed by atoms with Crippen molar-refractivity contribution in [3.8, 4) is 34.7 Å². The van der Waals surface area contributed by atoms with Crippen molar-refractivity contribution in [1.29, 1.82) is 10.5 Å². The summed E-state index contributed by atoms with van der Waals surface area (Å²) in [7, 11) is 0. The molecule has 0 aliphatic carbocycles. The standard InChI is InChI=1S/C18H10N4/c19-9-13-1-5-15(6-2-13)17-11-22-18(12-21-17)16-7-3-14(10-20)4-8-16/h1-8,11-12H. The van der Waals surface area contributed by atoms with E-state index in [1.807, 2.05) is 24.3 Å². The molecule has 0 aliphatic heterocycles. The van der Waals surface area contributed by atoms with Crippen molar-refractivity contribution in [3.63, 3.8) is 0 Å². The third-order valence-electron chi connectivity index (χ3n) is 3.27. The van der Waals surface area contributed by atoms with Crippen LogP contribution in [0.2, 0.25) is 0 Å². The van der Waals surface area contributed by atoms with E-state index < -0.39 is 0 Å². The Morgan fingerprint density at radius 1 is 0.591 bits per heavy atom. The topological polar surface area (TPSA) is 73.4 Å². The summed E-state index contributed by atoms with van der Waals surface area (Å²) in [5.74, 6) is 0. The maximum absolute atomic E-state index is 8.80. The fourth-order valence-corrected chi connectivity index (χ4v) is 2.06. The number of benzene rings is 2. The predicted molar refractivity (Wildman–Crippen MR) is 82.3 cm³/mol. The lowest BCUT2D eigenvalue weighted by molar-refractivity contribution is 1.21. The summed E-state index contributed by atoms with van der Waals surface area (Å²) in [6.45, 7) is 0. The molecule has 102 valence electrons. The van der Waals surface area contributed by atoms with Crippen LogP contribution in [0.3, 0.4) is 0 Å². The minimum Gasteiger partial charge on any atom is -0.252 e.